The standard InChI is InChI=1S/C18H10S/c1-2-14-12-13-19-18(14)11-10-16-8-5-7-15-6-3-4-9-17(15)16/h1,3-9,12-13H. The smallest absolute Gasteiger partial charge is 0.0928 e. The van der Waals surface area contributed by atoms with E-state index in [1.165, 1.54) is 10.8 Å². The lowest BCUT2D eigenvalue weighted by molar-refractivity contribution is 1.70. The molecule has 0 atom stereocenters. The third kappa shape index (κ3) is 2.25. The van der Waals surface area contributed by atoms with E-state index < -0.39 is 0 Å². The number of thiophene rings is 1. The highest BCUT2D eigenvalue weighted by molar-refractivity contribution is 7.10. The second kappa shape index (κ2) is 5.02. The molecule has 1 aromatic heterocycles. The van der Waals surface area contributed by atoms with Gasteiger partial charge in [-0.05, 0) is 34.2 Å². The van der Waals surface area contributed by atoms with Crippen molar-refractivity contribution in [3.8, 4) is 24.2 Å². The summed E-state index contributed by atoms with van der Waals surface area (Å²) in [7, 11) is 0. The van der Waals surface area contributed by atoms with Crippen LogP contribution in [0.5, 0.6) is 0 Å². The van der Waals surface area contributed by atoms with E-state index in [1.54, 1.807) is 11.3 Å². The molecule has 3 rings (SSSR count). The number of hydrogen-bond acceptors (Lipinski definition) is 1. The van der Waals surface area contributed by atoms with Gasteiger partial charge in [-0.1, -0.05) is 48.2 Å². The maximum Gasteiger partial charge on any atom is 0.0928 e. The summed E-state index contributed by atoms with van der Waals surface area (Å²) in [6.07, 6.45) is 5.44. The molecule has 1 heteroatoms. The van der Waals surface area contributed by atoms with Gasteiger partial charge < -0.3 is 0 Å². The van der Waals surface area contributed by atoms with Crippen LogP contribution >= 0.6 is 11.3 Å². The van der Waals surface area contributed by atoms with Crippen LogP contribution in [0.15, 0.2) is 53.9 Å². The van der Waals surface area contributed by atoms with Crippen LogP contribution in [0.3, 0.4) is 0 Å². The van der Waals surface area contributed by atoms with Crippen molar-refractivity contribution in [2.24, 2.45) is 0 Å². The van der Waals surface area contributed by atoms with Crippen molar-refractivity contribution < 1.29 is 0 Å². The maximum atomic E-state index is 5.44. The topological polar surface area (TPSA) is 0 Å². The van der Waals surface area contributed by atoms with Crippen molar-refractivity contribution in [3.05, 3.63) is 69.9 Å². The van der Waals surface area contributed by atoms with Crippen molar-refractivity contribution >= 4 is 22.1 Å². The molecule has 0 saturated carbocycles. The molecule has 0 aliphatic carbocycles. The second-order valence-electron chi connectivity index (χ2n) is 4.08. The molecule has 0 bridgehead atoms. The molecule has 0 unspecified atom stereocenters. The average molecular weight is 258 g/mol. The van der Waals surface area contributed by atoms with Gasteiger partial charge in [0.25, 0.3) is 0 Å². The Morgan fingerprint density at radius 2 is 1.68 bits per heavy atom. The summed E-state index contributed by atoms with van der Waals surface area (Å²) in [5.74, 6) is 9.07. The molecule has 0 saturated heterocycles. The maximum absolute atomic E-state index is 5.44. The number of rotatable bonds is 0. The number of terminal acetylenes is 1. The minimum absolute atomic E-state index is 0.873. The van der Waals surface area contributed by atoms with Gasteiger partial charge in [0.05, 0.1) is 10.4 Å². The summed E-state index contributed by atoms with van der Waals surface area (Å²) in [5, 5.41) is 4.36. The highest BCUT2D eigenvalue weighted by Crippen LogP contribution is 2.18. The predicted molar refractivity (Wildman–Crippen MR) is 82.2 cm³/mol. The Labute approximate surface area is 116 Å². The number of fused-ring (bicyclic) bond motifs is 1. The van der Waals surface area contributed by atoms with Crippen LogP contribution < -0.4 is 0 Å². The Morgan fingerprint density at radius 1 is 0.842 bits per heavy atom. The molecule has 0 N–H and O–H groups in total. The van der Waals surface area contributed by atoms with Gasteiger partial charge in [0.1, 0.15) is 0 Å². The first-order chi connectivity index (χ1) is 9.38. The summed E-state index contributed by atoms with van der Waals surface area (Å²) in [4.78, 5) is 0.954. The molecule has 0 spiro atoms. The largest absolute Gasteiger partial charge is 0.134 e. The fraction of sp³-hybridized carbons (Fsp3) is 0. The first-order valence-corrected chi connectivity index (χ1v) is 6.80. The van der Waals surface area contributed by atoms with Crippen LogP contribution in [0.1, 0.15) is 16.0 Å². The molecule has 19 heavy (non-hydrogen) atoms. The van der Waals surface area contributed by atoms with E-state index in [-0.39, 0.29) is 0 Å². The quantitative estimate of drug-likeness (QED) is 0.528. The zero-order valence-corrected chi connectivity index (χ0v) is 11.0. The molecule has 0 nitrogen and oxygen atoms in total. The van der Waals surface area contributed by atoms with E-state index in [2.05, 4.69) is 36.0 Å². The summed E-state index contributed by atoms with van der Waals surface area (Å²) < 4.78 is 0. The molecule has 88 valence electrons. The Balaban J connectivity index is 2.11. The van der Waals surface area contributed by atoms with E-state index in [4.69, 9.17) is 6.42 Å². The SMILES string of the molecule is C#Cc1ccsc1C#Cc1cccc2ccccc12. The summed E-state index contributed by atoms with van der Waals surface area (Å²) in [6.45, 7) is 0. The molecule has 0 radical (unpaired) electrons. The molecule has 0 aliphatic rings. The average Bonchev–Trinajstić information content (AvgIpc) is 2.92. The van der Waals surface area contributed by atoms with Crippen LogP contribution in [0.4, 0.5) is 0 Å². The highest BCUT2D eigenvalue weighted by atomic mass is 32.1. The van der Waals surface area contributed by atoms with E-state index in [9.17, 15) is 0 Å². The third-order valence-electron chi connectivity index (χ3n) is 2.92. The summed E-state index contributed by atoms with van der Waals surface area (Å²) in [6, 6.07) is 16.4. The lowest BCUT2D eigenvalue weighted by atomic mass is 10.0. The second-order valence-corrected chi connectivity index (χ2v) is 5.00. The van der Waals surface area contributed by atoms with Crippen molar-refractivity contribution in [1.29, 1.82) is 0 Å². The van der Waals surface area contributed by atoms with E-state index in [0.29, 0.717) is 0 Å². The summed E-state index contributed by atoms with van der Waals surface area (Å²) in [5.41, 5.74) is 1.91. The molecule has 1 heterocycles. The Morgan fingerprint density at radius 3 is 2.58 bits per heavy atom. The van der Waals surface area contributed by atoms with Gasteiger partial charge in [-0.25, -0.2) is 0 Å². The van der Waals surface area contributed by atoms with E-state index >= 15 is 0 Å². The van der Waals surface area contributed by atoms with Gasteiger partial charge in [-0.15, -0.1) is 17.8 Å². The van der Waals surface area contributed by atoms with Crippen LogP contribution in [-0.2, 0) is 0 Å². The normalized spacial score (nSPS) is 9.63. The minimum atomic E-state index is 0.873. The fourth-order valence-electron chi connectivity index (χ4n) is 1.98. The van der Waals surface area contributed by atoms with Crippen LogP contribution in [0.25, 0.3) is 10.8 Å². The lowest BCUT2D eigenvalue weighted by Gasteiger charge is -1.99. The van der Waals surface area contributed by atoms with Crippen molar-refractivity contribution in [3.63, 3.8) is 0 Å². The predicted octanol–water partition coefficient (Wildman–Crippen LogP) is 4.28. The minimum Gasteiger partial charge on any atom is -0.134 e. The zero-order valence-electron chi connectivity index (χ0n) is 10.2. The van der Waals surface area contributed by atoms with Crippen LogP contribution in [0.2, 0.25) is 0 Å². The molecule has 0 amide bonds. The highest BCUT2D eigenvalue weighted by Gasteiger charge is 1.99. The van der Waals surface area contributed by atoms with Crippen LogP contribution in [-0.4, -0.2) is 0 Å². The zero-order chi connectivity index (χ0) is 13.1. The van der Waals surface area contributed by atoms with Crippen molar-refractivity contribution in [1.82, 2.24) is 0 Å². The van der Waals surface area contributed by atoms with Gasteiger partial charge >= 0.3 is 0 Å². The molecule has 0 aliphatic heterocycles. The Bertz CT molecular complexity index is 830. The van der Waals surface area contributed by atoms with E-state index in [1.807, 2.05) is 35.7 Å². The fourth-order valence-corrected chi connectivity index (χ4v) is 2.68. The molecular weight excluding hydrogens is 248 g/mol. The molecular formula is C18H10S. The van der Waals surface area contributed by atoms with Gasteiger partial charge in [-0.2, -0.15) is 0 Å². The molecule has 2 aromatic carbocycles. The van der Waals surface area contributed by atoms with E-state index in [0.717, 1.165) is 16.0 Å². The van der Waals surface area contributed by atoms with Gasteiger partial charge in [0.2, 0.25) is 0 Å². The van der Waals surface area contributed by atoms with Crippen LogP contribution in [0, 0.1) is 24.2 Å². The third-order valence-corrected chi connectivity index (χ3v) is 3.75. The van der Waals surface area contributed by atoms with Gasteiger partial charge in [-0.3, -0.25) is 0 Å². The van der Waals surface area contributed by atoms with Gasteiger partial charge in [0, 0.05) is 5.56 Å². The van der Waals surface area contributed by atoms with Crippen molar-refractivity contribution in [2.45, 2.75) is 0 Å². The Hall–Kier alpha value is -2.48. The molecule has 0 fully saturated rings. The first-order valence-electron chi connectivity index (χ1n) is 5.92. The summed E-state index contributed by atoms with van der Waals surface area (Å²) >= 11 is 1.58. The molecule has 3 aromatic rings. The van der Waals surface area contributed by atoms with Gasteiger partial charge in [0.15, 0.2) is 0 Å². The lowest BCUT2D eigenvalue weighted by Crippen LogP contribution is -1.79. The van der Waals surface area contributed by atoms with Crippen molar-refractivity contribution in [2.75, 3.05) is 0 Å². The number of hydrogen-bond donors (Lipinski definition) is 0. The Kier molecular flexibility index (Phi) is 3.07. The number of benzene rings is 2. The first kappa shape index (κ1) is 11.6. The monoisotopic (exact) mass is 258 g/mol.